The molecule has 0 aliphatic carbocycles. The van der Waals surface area contributed by atoms with Gasteiger partial charge in [-0.1, -0.05) is 11.6 Å². The van der Waals surface area contributed by atoms with Gasteiger partial charge in [0.25, 0.3) is 0 Å². The highest BCUT2D eigenvalue weighted by molar-refractivity contribution is 7.99. The Morgan fingerprint density at radius 1 is 1.53 bits per heavy atom. The van der Waals surface area contributed by atoms with Crippen molar-refractivity contribution in [2.75, 3.05) is 26.0 Å². The zero-order valence-corrected chi connectivity index (χ0v) is 11.0. The number of nitrogens with one attached hydrogen (secondary N) is 1. The number of hydrogen-bond donors (Lipinski definition) is 1. The summed E-state index contributed by atoms with van der Waals surface area (Å²) in [5, 5.41) is 7.68. The molecule has 0 saturated carbocycles. The molecule has 1 aliphatic rings. The van der Waals surface area contributed by atoms with Crippen LogP contribution in [0.15, 0.2) is 4.52 Å². The number of nitrogens with zero attached hydrogens (tertiary/aromatic N) is 2. The number of ether oxygens (including phenoxy) is 1. The van der Waals surface area contributed by atoms with Gasteiger partial charge in [-0.3, -0.25) is 0 Å². The minimum absolute atomic E-state index is 0.431. The van der Waals surface area contributed by atoms with Gasteiger partial charge in [0.2, 0.25) is 5.89 Å². The minimum Gasteiger partial charge on any atom is -0.383 e. The van der Waals surface area contributed by atoms with Crippen molar-refractivity contribution >= 4 is 11.8 Å². The number of methoxy groups -OCH3 is 1. The van der Waals surface area contributed by atoms with E-state index >= 15 is 0 Å². The largest absolute Gasteiger partial charge is 0.383 e. The van der Waals surface area contributed by atoms with E-state index in [4.69, 9.17) is 9.26 Å². The first-order valence-corrected chi connectivity index (χ1v) is 7.09. The molecule has 2 rings (SSSR count). The highest BCUT2D eigenvalue weighted by Gasteiger charge is 2.21. The van der Waals surface area contributed by atoms with Gasteiger partial charge in [-0.15, -0.1) is 0 Å². The zero-order valence-electron chi connectivity index (χ0n) is 10.1. The summed E-state index contributed by atoms with van der Waals surface area (Å²) in [7, 11) is 1.69. The molecule has 5 nitrogen and oxygen atoms in total. The maximum absolute atomic E-state index is 5.22. The van der Waals surface area contributed by atoms with Gasteiger partial charge in [0.05, 0.1) is 18.4 Å². The van der Waals surface area contributed by atoms with Crippen molar-refractivity contribution in [1.82, 2.24) is 15.5 Å². The summed E-state index contributed by atoms with van der Waals surface area (Å²) in [5.74, 6) is 2.74. The predicted octanol–water partition coefficient (Wildman–Crippen LogP) is 1.76. The van der Waals surface area contributed by atoms with Gasteiger partial charge >= 0.3 is 0 Å². The van der Waals surface area contributed by atoms with Gasteiger partial charge in [0, 0.05) is 13.7 Å². The molecule has 96 valence electrons. The second-order valence-corrected chi connectivity index (χ2v) is 5.38. The monoisotopic (exact) mass is 257 g/mol. The number of hydrogen-bond acceptors (Lipinski definition) is 6. The van der Waals surface area contributed by atoms with Crippen LogP contribution in [0.4, 0.5) is 0 Å². The highest BCUT2D eigenvalue weighted by Crippen LogP contribution is 2.36. The fourth-order valence-corrected chi connectivity index (χ4v) is 3.02. The molecule has 2 heterocycles. The third-order valence-electron chi connectivity index (χ3n) is 2.71. The lowest BCUT2D eigenvalue weighted by Gasteiger charge is -2.17. The fourth-order valence-electron chi connectivity index (χ4n) is 1.78. The van der Waals surface area contributed by atoms with E-state index in [9.17, 15) is 0 Å². The second kappa shape index (κ2) is 6.98. The molecule has 1 N–H and O–H groups in total. The second-order valence-electron chi connectivity index (χ2n) is 4.07. The molecular weight excluding hydrogens is 238 g/mol. The van der Waals surface area contributed by atoms with Crippen LogP contribution in [0.25, 0.3) is 0 Å². The molecule has 1 fully saturated rings. The molecule has 1 saturated heterocycles. The molecule has 1 atom stereocenters. The lowest BCUT2D eigenvalue weighted by molar-refractivity contribution is 0.197. The van der Waals surface area contributed by atoms with Crippen LogP contribution in [0, 0.1) is 0 Å². The van der Waals surface area contributed by atoms with Crippen molar-refractivity contribution < 1.29 is 9.26 Å². The predicted molar refractivity (Wildman–Crippen MR) is 66.9 cm³/mol. The molecule has 1 unspecified atom stereocenters. The number of rotatable bonds is 6. The van der Waals surface area contributed by atoms with Crippen LogP contribution in [-0.2, 0) is 11.3 Å². The van der Waals surface area contributed by atoms with Gasteiger partial charge in [-0.2, -0.15) is 16.7 Å². The van der Waals surface area contributed by atoms with E-state index in [1.165, 1.54) is 25.0 Å². The minimum atomic E-state index is 0.431. The van der Waals surface area contributed by atoms with Gasteiger partial charge in [-0.05, 0) is 18.6 Å². The third kappa shape index (κ3) is 3.97. The Kier molecular flexibility index (Phi) is 5.28. The summed E-state index contributed by atoms with van der Waals surface area (Å²) in [6, 6.07) is 0. The molecule has 0 amide bonds. The van der Waals surface area contributed by atoms with Gasteiger partial charge in [0.15, 0.2) is 5.82 Å². The summed E-state index contributed by atoms with van der Waals surface area (Å²) < 4.78 is 10.2. The van der Waals surface area contributed by atoms with Crippen LogP contribution in [-0.4, -0.2) is 36.2 Å². The fraction of sp³-hybridized carbons (Fsp3) is 0.818. The van der Waals surface area contributed by atoms with Crippen molar-refractivity contribution in [1.29, 1.82) is 0 Å². The molecule has 17 heavy (non-hydrogen) atoms. The summed E-state index contributed by atoms with van der Waals surface area (Å²) >= 11 is 1.94. The lowest BCUT2D eigenvalue weighted by atomic mass is 10.2. The molecular formula is C11H19N3O2S. The Balaban J connectivity index is 1.78. The molecule has 1 aromatic heterocycles. The third-order valence-corrected chi connectivity index (χ3v) is 4.08. The molecule has 0 radical (unpaired) electrons. The number of aromatic nitrogens is 2. The van der Waals surface area contributed by atoms with E-state index < -0.39 is 0 Å². The van der Waals surface area contributed by atoms with Crippen molar-refractivity contribution in [3.63, 3.8) is 0 Å². The summed E-state index contributed by atoms with van der Waals surface area (Å²) in [6.45, 7) is 2.11. The maximum Gasteiger partial charge on any atom is 0.240 e. The molecule has 6 heteroatoms. The van der Waals surface area contributed by atoms with Crippen LogP contribution >= 0.6 is 11.8 Å². The lowest BCUT2D eigenvalue weighted by Crippen LogP contribution is -2.18. The smallest absolute Gasteiger partial charge is 0.240 e. The highest BCUT2D eigenvalue weighted by atomic mass is 32.2. The standard InChI is InChI=1S/C11H19N3O2S/c1-15-6-5-12-8-10-13-11(14-16-10)9-4-2-3-7-17-9/h9,12H,2-8H2,1H3. The van der Waals surface area contributed by atoms with Crippen LogP contribution in [0.2, 0.25) is 0 Å². The van der Waals surface area contributed by atoms with Gasteiger partial charge in [-0.25, -0.2) is 0 Å². The normalized spacial score (nSPS) is 20.6. The van der Waals surface area contributed by atoms with Gasteiger partial charge < -0.3 is 14.6 Å². The van der Waals surface area contributed by atoms with Crippen LogP contribution in [0.5, 0.6) is 0 Å². The van der Waals surface area contributed by atoms with Gasteiger partial charge in [0.1, 0.15) is 0 Å². The van der Waals surface area contributed by atoms with E-state index in [-0.39, 0.29) is 0 Å². The van der Waals surface area contributed by atoms with E-state index in [1.54, 1.807) is 7.11 Å². The quantitative estimate of drug-likeness (QED) is 0.784. The first-order valence-electron chi connectivity index (χ1n) is 6.04. The summed E-state index contributed by atoms with van der Waals surface area (Å²) in [6.07, 6.45) is 3.75. The van der Waals surface area contributed by atoms with Crippen LogP contribution in [0.1, 0.15) is 36.2 Å². The molecule has 0 aromatic carbocycles. The van der Waals surface area contributed by atoms with Crippen LogP contribution < -0.4 is 5.32 Å². The first-order chi connectivity index (χ1) is 8.40. The zero-order chi connectivity index (χ0) is 11.9. The van der Waals surface area contributed by atoms with E-state index in [0.29, 0.717) is 24.3 Å². The molecule has 0 bridgehead atoms. The van der Waals surface area contributed by atoms with Crippen molar-refractivity contribution in [3.8, 4) is 0 Å². The van der Waals surface area contributed by atoms with Crippen molar-refractivity contribution in [2.45, 2.75) is 31.1 Å². The molecule has 1 aliphatic heterocycles. The average Bonchev–Trinajstić information content (AvgIpc) is 2.85. The Morgan fingerprint density at radius 3 is 3.24 bits per heavy atom. The van der Waals surface area contributed by atoms with Crippen molar-refractivity contribution in [2.24, 2.45) is 0 Å². The Bertz CT molecular complexity index is 326. The average molecular weight is 257 g/mol. The van der Waals surface area contributed by atoms with E-state index in [2.05, 4.69) is 15.5 Å². The first kappa shape index (κ1) is 12.9. The Morgan fingerprint density at radius 2 is 2.47 bits per heavy atom. The molecule has 1 aromatic rings. The van der Waals surface area contributed by atoms with Crippen molar-refractivity contribution in [3.05, 3.63) is 11.7 Å². The SMILES string of the molecule is COCCNCc1nc(C2CCCCS2)no1. The maximum atomic E-state index is 5.22. The van der Waals surface area contributed by atoms with Crippen LogP contribution in [0.3, 0.4) is 0 Å². The van der Waals surface area contributed by atoms with E-state index in [0.717, 1.165) is 12.4 Å². The summed E-state index contributed by atoms with van der Waals surface area (Å²) in [5.41, 5.74) is 0. The Hall–Kier alpha value is -0.590. The van der Waals surface area contributed by atoms with E-state index in [1.807, 2.05) is 11.8 Å². The summed E-state index contributed by atoms with van der Waals surface area (Å²) in [4.78, 5) is 4.43. The topological polar surface area (TPSA) is 60.2 Å². The Labute approximate surface area is 106 Å². The molecule has 0 spiro atoms. The number of thioether (sulfide) groups is 1.